The Hall–Kier alpha value is -2.86. The molecule has 3 aromatic rings. The summed E-state index contributed by atoms with van der Waals surface area (Å²) < 4.78 is 11.0. The first kappa shape index (κ1) is 21.4. The van der Waals surface area contributed by atoms with Crippen LogP contribution in [0.5, 0.6) is 11.5 Å². The lowest BCUT2D eigenvalue weighted by molar-refractivity contribution is 0.0709. The van der Waals surface area contributed by atoms with Crippen LogP contribution in [0.2, 0.25) is 0 Å². The van der Waals surface area contributed by atoms with Gasteiger partial charge in [-0.2, -0.15) is 0 Å². The Balaban J connectivity index is 1.60. The van der Waals surface area contributed by atoms with Crippen molar-refractivity contribution in [3.05, 3.63) is 65.2 Å². The second kappa shape index (κ2) is 9.52. The van der Waals surface area contributed by atoms with Gasteiger partial charge in [0.05, 0.1) is 19.8 Å². The Morgan fingerprint density at radius 2 is 1.97 bits per heavy atom. The highest BCUT2D eigenvalue weighted by Gasteiger charge is 2.36. The summed E-state index contributed by atoms with van der Waals surface area (Å²) in [7, 11) is 3.23. The number of amides is 1. The number of ether oxygens (including phenoxy) is 2. The normalized spacial score (nSPS) is 16.9. The molecule has 2 unspecified atom stereocenters. The van der Waals surface area contributed by atoms with E-state index in [9.17, 15) is 4.79 Å². The number of hydrogen-bond acceptors (Lipinski definition) is 5. The van der Waals surface area contributed by atoms with E-state index in [4.69, 9.17) is 14.5 Å². The molecular weight excluding hydrogens is 408 g/mol. The maximum absolute atomic E-state index is 13.4. The van der Waals surface area contributed by atoms with Gasteiger partial charge in [0.1, 0.15) is 10.7 Å². The SMILES string of the molecule is CCC(c1ccccc1)C1CCCN1C(=O)c1csc(-c2cccc(OC)c2OC)n1. The van der Waals surface area contributed by atoms with Gasteiger partial charge in [-0.15, -0.1) is 11.3 Å². The average Bonchev–Trinajstić information content (AvgIpc) is 3.50. The highest BCUT2D eigenvalue weighted by molar-refractivity contribution is 7.13. The summed E-state index contributed by atoms with van der Waals surface area (Å²) in [6, 6.07) is 16.4. The summed E-state index contributed by atoms with van der Waals surface area (Å²) in [5, 5.41) is 2.61. The third-order valence-corrected chi connectivity index (χ3v) is 6.92. The maximum Gasteiger partial charge on any atom is 0.273 e. The molecule has 1 aromatic heterocycles. The molecule has 1 amide bonds. The Morgan fingerprint density at radius 1 is 1.16 bits per heavy atom. The fraction of sp³-hybridized carbons (Fsp3) is 0.360. The van der Waals surface area contributed by atoms with Crippen molar-refractivity contribution in [1.82, 2.24) is 9.88 Å². The zero-order valence-corrected chi connectivity index (χ0v) is 19.0. The van der Waals surface area contributed by atoms with Crippen LogP contribution in [-0.2, 0) is 0 Å². The second-order valence-electron chi connectivity index (χ2n) is 7.71. The van der Waals surface area contributed by atoms with Gasteiger partial charge in [0.25, 0.3) is 5.91 Å². The zero-order valence-electron chi connectivity index (χ0n) is 18.2. The third kappa shape index (κ3) is 4.17. The van der Waals surface area contributed by atoms with Crippen molar-refractivity contribution in [2.24, 2.45) is 0 Å². The van der Waals surface area contributed by atoms with Crippen molar-refractivity contribution in [3.8, 4) is 22.1 Å². The van der Waals surface area contributed by atoms with Gasteiger partial charge in [0.15, 0.2) is 11.5 Å². The van der Waals surface area contributed by atoms with E-state index >= 15 is 0 Å². The fourth-order valence-corrected chi connectivity index (χ4v) is 5.41. The molecule has 0 spiro atoms. The Kier molecular flexibility index (Phi) is 6.56. The molecule has 0 aliphatic carbocycles. The molecule has 0 radical (unpaired) electrons. The predicted octanol–water partition coefficient (Wildman–Crippen LogP) is 5.63. The average molecular weight is 437 g/mol. The first-order valence-corrected chi connectivity index (χ1v) is 11.6. The minimum absolute atomic E-state index is 0.0150. The largest absolute Gasteiger partial charge is 0.493 e. The first-order chi connectivity index (χ1) is 15.2. The monoisotopic (exact) mass is 436 g/mol. The Bertz CT molecular complexity index is 1030. The summed E-state index contributed by atoms with van der Waals surface area (Å²) in [4.78, 5) is 20.2. The number of hydrogen-bond donors (Lipinski definition) is 0. The molecule has 1 aliphatic rings. The topological polar surface area (TPSA) is 51.7 Å². The molecule has 6 heteroatoms. The number of methoxy groups -OCH3 is 2. The predicted molar refractivity (Wildman–Crippen MR) is 124 cm³/mol. The van der Waals surface area contributed by atoms with Gasteiger partial charge in [0.2, 0.25) is 0 Å². The summed E-state index contributed by atoms with van der Waals surface area (Å²) in [5.74, 6) is 1.63. The number of aromatic nitrogens is 1. The van der Waals surface area contributed by atoms with Crippen LogP contribution < -0.4 is 9.47 Å². The molecule has 162 valence electrons. The number of rotatable bonds is 7. The number of para-hydroxylation sites is 1. The van der Waals surface area contributed by atoms with E-state index in [1.165, 1.54) is 16.9 Å². The molecule has 2 heterocycles. The van der Waals surface area contributed by atoms with Gasteiger partial charge < -0.3 is 14.4 Å². The van der Waals surface area contributed by atoms with E-state index in [1.54, 1.807) is 14.2 Å². The van der Waals surface area contributed by atoms with E-state index in [1.807, 2.05) is 34.5 Å². The second-order valence-corrected chi connectivity index (χ2v) is 8.57. The summed E-state index contributed by atoms with van der Waals surface area (Å²) in [6.45, 7) is 2.98. The van der Waals surface area contributed by atoms with Crippen LogP contribution in [0.4, 0.5) is 0 Å². The van der Waals surface area contributed by atoms with E-state index in [2.05, 4.69) is 31.2 Å². The van der Waals surface area contributed by atoms with Crippen LogP contribution in [0.3, 0.4) is 0 Å². The fourth-order valence-electron chi connectivity index (χ4n) is 4.59. The minimum Gasteiger partial charge on any atom is -0.493 e. The third-order valence-electron chi connectivity index (χ3n) is 6.05. The van der Waals surface area contributed by atoms with Crippen LogP contribution in [-0.4, -0.2) is 42.6 Å². The van der Waals surface area contributed by atoms with Gasteiger partial charge in [-0.1, -0.05) is 43.3 Å². The quantitative estimate of drug-likeness (QED) is 0.482. The van der Waals surface area contributed by atoms with Gasteiger partial charge in [-0.05, 0) is 37.0 Å². The first-order valence-electron chi connectivity index (χ1n) is 10.7. The molecule has 4 rings (SSSR count). The molecule has 31 heavy (non-hydrogen) atoms. The molecule has 1 aliphatic heterocycles. The molecule has 0 bridgehead atoms. The molecule has 5 nitrogen and oxygen atoms in total. The van der Waals surface area contributed by atoms with Crippen LogP contribution >= 0.6 is 11.3 Å². The van der Waals surface area contributed by atoms with Crippen LogP contribution in [0.15, 0.2) is 53.9 Å². The smallest absolute Gasteiger partial charge is 0.273 e. The number of carbonyl (C=O) groups is 1. The van der Waals surface area contributed by atoms with Crippen LogP contribution in [0.1, 0.15) is 48.2 Å². The lowest BCUT2D eigenvalue weighted by Crippen LogP contribution is -2.39. The highest BCUT2D eigenvalue weighted by atomic mass is 32.1. The maximum atomic E-state index is 13.4. The van der Waals surface area contributed by atoms with E-state index < -0.39 is 0 Å². The van der Waals surface area contributed by atoms with Gasteiger partial charge >= 0.3 is 0 Å². The standard InChI is InChI=1S/C25H28N2O3S/c1-4-18(17-10-6-5-7-11-17)21-13-9-15-27(21)25(28)20-16-31-24(26-20)19-12-8-14-22(29-2)23(19)30-3/h5-8,10-12,14,16,18,21H,4,9,13,15H2,1-3H3. The summed E-state index contributed by atoms with van der Waals surface area (Å²) >= 11 is 1.46. The molecule has 2 aromatic carbocycles. The van der Waals surface area contributed by atoms with E-state index in [0.717, 1.165) is 36.4 Å². The number of nitrogens with zero attached hydrogens (tertiary/aromatic N) is 2. The number of likely N-dealkylation sites (tertiary alicyclic amines) is 1. The lowest BCUT2D eigenvalue weighted by atomic mass is 9.87. The van der Waals surface area contributed by atoms with Crippen molar-refractivity contribution in [2.75, 3.05) is 20.8 Å². The van der Waals surface area contributed by atoms with E-state index in [0.29, 0.717) is 23.1 Å². The van der Waals surface area contributed by atoms with Gasteiger partial charge in [-0.25, -0.2) is 4.98 Å². The van der Waals surface area contributed by atoms with Crippen molar-refractivity contribution in [3.63, 3.8) is 0 Å². The number of thiazole rings is 1. The van der Waals surface area contributed by atoms with Gasteiger partial charge in [0, 0.05) is 23.9 Å². The number of benzene rings is 2. The van der Waals surface area contributed by atoms with Crippen molar-refractivity contribution < 1.29 is 14.3 Å². The minimum atomic E-state index is 0.0150. The summed E-state index contributed by atoms with van der Waals surface area (Å²) in [6.07, 6.45) is 3.06. The number of carbonyl (C=O) groups excluding carboxylic acids is 1. The van der Waals surface area contributed by atoms with Gasteiger partial charge in [-0.3, -0.25) is 4.79 Å². The molecule has 2 atom stereocenters. The van der Waals surface area contributed by atoms with Crippen LogP contribution in [0.25, 0.3) is 10.6 Å². The van der Waals surface area contributed by atoms with Crippen molar-refractivity contribution >= 4 is 17.2 Å². The molecular formula is C25H28N2O3S. The van der Waals surface area contributed by atoms with E-state index in [-0.39, 0.29) is 11.9 Å². The molecule has 0 N–H and O–H groups in total. The zero-order chi connectivity index (χ0) is 21.8. The molecule has 1 saturated heterocycles. The van der Waals surface area contributed by atoms with Crippen LogP contribution in [0, 0.1) is 0 Å². The molecule has 0 saturated carbocycles. The molecule has 1 fully saturated rings. The Morgan fingerprint density at radius 3 is 2.68 bits per heavy atom. The Labute approximate surface area is 187 Å². The lowest BCUT2D eigenvalue weighted by Gasteiger charge is -2.31. The van der Waals surface area contributed by atoms with Crippen molar-refractivity contribution in [1.29, 1.82) is 0 Å². The van der Waals surface area contributed by atoms with Crippen molar-refractivity contribution in [2.45, 2.75) is 38.1 Å². The highest BCUT2D eigenvalue weighted by Crippen LogP contribution is 2.40. The summed E-state index contributed by atoms with van der Waals surface area (Å²) in [5.41, 5.74) is 2.63.